The Hall–Kier alpha value is -3.12. The van der Waals surface area contributed by atoms with Crippen LogP contribution in [-0.2, 0) is 11.4 Å². The Labute approximate surface area is 211 Å². The molecule has 0 aliphatic carbocycles. The van der Waals surface area contributed by atoms with Crippen LogP contribution in [0, 0.1) is 11.3 Å². The number of carboxylic acid groups (broad SMARTS) is 1. The van der Waals surface area contributed by atoms with Gasteiger partial charge in [0.1, 0.15) is 24.0 Å². The van der Waals surface area contributed by atoms with Gasteiger partial charge in [0.2, 0.25) is 0 Å². The maximum Gasteiger partial charge on any atom is 0.335 e. The lowest BCUT2D eigenvalue weighted by Gasteiger charge is -2.12. The van der Waals surface area contributed by atoms with Crippen molar-refractivity contribution in [1.82, 2.24) is 0 Å². The molecule has 1 amide bonds. The number of nitriles is 1. The fraction of sp³-hybridized carbons (Fsp3) is 0.0417. The van der Waals surface area contributed by atoms with Gasteiger partial charge in [0, 0.05) is 10.7 Å². The molecule has 0 aliphatic rings. The van der Waals surface area contributed by atoms with Gasteiger partial charge in [0.25, 0.3) is 5.91 Å². The number of carbonyl (C=O) groups is 2. The second kappa shape index (κ2) is 11.1. The molecule has 0 unspecified atom stereocenters. The number of nitrogens with one attached hydrogen (secondary N) is 1. The molecule has 0 saturated carbocycles. The number of rotatable bonds is 7. The Morgan fingerprint density at radius 2 is 1.76 bits per heavy atom. The zero-order valence-electron chi connectivity index (χ0n) is 16.8. The van der Waals surface area contributed by atoms with Crippen molar-refractivity contribution in [3.05, 3.63) is 96.9 Å². The van der Waals surface area contributed by atoms with E-state index in [2.05, 4.69) is 37.2 Å². The number of amides is 1. The van der Waals surface area contributed by atoms with Gasteiger partial charge in [-0.05, 0) is 91.5 Å². The summed E-state index contributed by atoms with van der Waals surface area (Å²) in [7, 11) is 0. The number of hydrogen-bond acceptors (Lipinski definition) is 4. The molecule has 0 heterocycles. The van der Waals surface area contributed by atoms with Crippen molar-refractivity contribution < 1.29 is 19.4 Å². The molecule has 6 nitrogen and oxygen atoms in total. The summed E-state index contributed by atoms with van der Waals surface area (Å²) in [6.45, 7) is 0.220. The summed E-state index contributed by atoms with van der Waals surface area (Å²) in [6, 6.07) is 18.4. The first-order valence-corrected chi connectivity index (χ1v) is 11.4. The van der Waals surface area contributed by atoms with Crippen LogP contribution in [0.25, 0.3) is 6.08 Å². The number of aromatic carboxylic acids is 1. The number of nitrogens with zero attached hydrogens (tertiary/aromatic N) is 1. The molecule has 166 valence electrons. The number of hydrogen-bond donors (Lipinski definition) is 2. The third-order valence-corrected chi connectivity index (χ3v) is 5.78. The summed E-state index contributed by atoms with van der Waals surface area (Å²) in [4.78, 5) is 23.5. The molecule has 2 N–H and O–H groups in total. The van der Waals surface area contributed by atoms with Crippen LogP contribution in [-0.4, -0.2) is 17.0 Å². The van der Waals surface area contributed by atoms with E-state index in [0.29, 0.717) is 31.0 Å². The first-order chi connectivity index (χ1) is 15.8. The standard InChI is InChI=1S/C24H15Br2ClN2O4/c25-20-9-15(8-17(12-28)23(30)29-19-3-1-2-18(27)11-19)10-21(26)22(20)33-13-14-4-6-16(7-5-14)24(31)32/h1-11H,13H2,(H,29,30)(H,31,32)/b17-8+. The summed E-state index contributed by atoms with van der Waals surface area (Å²) in [6.07, 6.45) is 1.46. The van der Waals surface area contributed by atoms with Gasteiger partial charge in [-0.3, -0.25) is 4.79 Å². The minimum atomic E-state index is -0.991. The fourth-order valence-corrected chi connectivity index (χ4v) is 4.42. The third kappa shape index (κ3) is 6.68. The van der Waals surface area contributed by atoms with Crippen molar-refractivity contribution in [2.75, 3.05) is 5.32 Å². The molecule has 0 aliphatic heterocycles. The molecule has 0 bridgehead atoms. The quantitative estimate of drug-likeness (QED) is 0.236. The molecule has 0 aromatic heterocycles. The first-order valence-electron chi connectivity index (χ1n) is 9.39. The van der Waals surface area contributed by atoms with E-state index in [4.69, 9.17) is 21.4 Å². The van der Waals surface area contributed by atoms with Crippen LogP contribution in [0.5, 0.6) is 5.75 Å². The summed E-state index contributed by atoms with van der Waals surface area (Å²) in [5.74, 6) is -1.02. The maximum absolute atomic E-state index is 12.5. The highest BCUT2D eigenvalue weighted by molar-refractivity contribution is 9.11. The number of halogens is 3. The molecule has 0 fully saturated rings. The molecular formula is C24H15Br2ClN2O4. The molecule has 0 spiro atoms. The molecule has 0 saturated heterocycles. The van der Waals surface area contributed by atoms with Gasteiger partial charge >= 0.3 is 5.97 Å². The summed E-state index contributed by atoms with van der Waals surface area (Å²) in [5, 5.41) is 21.6. The molecule has 0 atom stereocenters. The van der Waals surface area contributed by atoms with Gasteiger partial charge in [0.05, 0.1) is 14.5 Å². The lowest BCUT2D eigenvalue weighted by Crippen LogP contribution is -2.13. The number of ether oxygens (including phenoxy) is 1. The van der Waals surface area contributed by atoms with Crippen LogP contribution in [0.15, 0.2) is 75.2 Å². The normalized spacial score (nSPS) is 10.9. The average molecular weight is 591 g/mol. The molecule has 3 aromatic rings. The largest absolute Gasteiger partial charge is 0.487 e. The van der Waals surface area contributed by atoms with Crippen LogP contribution in [0.3, 0.4) is 0 Å². The van der Waals surface area contributed by atoms with Crippen molar-refractivity contribution >= 4 is 67.1 Å². The van der Waals surface area contributed by atoms with E-state index in [0.717, 1.165) is 5.56 Å². The van der Waals surface area contributed by atoms with Crippen LogP contribution < -0.4 is 10.1 Å². The lowest BCUT2D eigenvalue weighted by molar-refractivity contribution is -0.112. The van der Waals surface area contributed by atoms with Gasteiger partial charge in [-0.15, -0.1) is 0 Å². The Morgan fingerprint density at radius 1 is 1.09 bits per heavy atom. The zero-order valence-corrected chi connectivity index (χ0v) is 20.7. The van der Waals surface area contributed by atoms with Crippen LogP contribution >= 0.6 is 43.5 Å². The van der Waals surface area contributed by atoms with Crippen molar-refractivity contribution in [1.29, 1.82) is 5.26 Å². The van der Waals surface area contributed by atoms with Gasteiger partial charge in [-0.25, -0.2) is 4.79 Å². The summed E-state index contributed by atoms with van der Waals surface area (Å²) >= 11 is 12.8. The minimum absolute atomic E-state index is 0.0824. The van der Waals surface area contributed by atoms with Crippen molar-refractivity contribution in [2.24, 2.45) is 0 Å². The molecule has 0 radical (unpaired) electrons. The fourth-order valence-electron chi connectivity index (χ4n) is 2.78. The maximum atomic E-state index is 12.5. The second-order valence-corrected chi connectivity index (χ2v) is 8.88. The van der Waals surface area contributed by atoms with Crippen molar-refractivity contribution in [3.8, 4) is 11.8 Å². The van der Waals surface area contributed by atoms with E-state index >= 15 is 0 Å². The van der Waals surface area contributed by atoms with E-state index in [1.165, 1.54) is 18.2 Å². The zero-order chi connectivity index (χ0) is 24.0. The highest BCUT2D eigenvalue weighted by Crippen LogP contribution is 2.36. The van der Waals surface area contributed by atoms with Gasteiger partial charge in [-0.1, -0.05) is 29.8 Å². The summed E-state index contributed by atoms with van der Waals surface area (Å²) < 4.78 is 7.08. The molecule has 3 rings (SSSR count). The van der Waals surface area contributed by atoms with E-state index in [-0.39, 0.29) is 17.7 Å². The van der Waals surface area contributed by atoms with E-state index in [1.807, 2.05) is 6.07 Å². The number of carbonyl (C=O) groups excluding carboxylic acids is 1. The Balaban J connectivity index is 1.75. The lowest BCUT2D eigenvalue weighted by atomic mass is 10.1. The van der Waals surface area contributed by atoms with Crippen LogP contribution in [0.1, 0.15) is 21.5 Å². The van der Waals surface area contributed by atoms with E-state index in [9.17, 15) is 14.9 Å². The first kappa shape index (κ1) is 24.5. The number of carboxylic acids is 1. The minimum Gasteiger partial charge on any atom is -0.487 e. The third-order valence-electron chi connectivity index (χ3n) is 4.36. The second-order valence-electron chi connectivity index (χ2n) is 6.74. The number of benzene rings is 3. The van der Waals surface area contributed by atoms with E-state index < -0.39 is 11.9 Å². The molecule has 9 heteroatoms. The molecule has 33 heavy (non-hydrogen) atoms. The van der Waals surface area contributed by atoms with Gasteiger partial charge in [0.15, 0.2) is 0 Å². The molecule has 3 aromatic carbocycles. The Morgan fingerprint density at radius 3 is 2.33 bits per heavy atom. The Kier molecular flexibility index (Phi) is 8.28. The van der Waals surface area contributed by atoms with Crippen LogP contribution in [0.2, 0.25) is 5.02 Å². The van der Waals surface area contributed by atoms with Crippen LogP contribution in [0.4, 0.5) is 5.69 Å². The van der Waals surface area contributed by atoms with Crippen molar-refractivity contribution in [3.63, 3.8) is 0 Å². The SMILES string of the molecule is N#C/C(=C\c1cc(Br)c(OCc2ccc(C(=O)O)cc2)c(Br)c1)C(=O)Nc1cccc(Cl)c1. The van der Waals surface area contributed by atoms with Gasteiger partial charge in [-0.2, -0.15) is 5.26 Å². The number of anilines is 1. The summed E-state index contributed by atoms with van der Waals surface area (Å²) in [5.41, 5.74) is 2.00. The van der Waals surface area contributed by atoms with E-state index in [1.54, 1.807) is 48.5 Å². The predicted octanol–water partition coefficient (Wildman–Crippen LogP) is 6.69. The topological polar surface area (TPSA) is 99.4 Å². The highest BCUT2D eigenvalue weighted by atomic mass is 79.9. The average Bonchev–Trinajstić information content (AvgIpc) is 2.77. The predicted molar refractivity (Wildman–Crippen MR) is 133 cm³/mol. The Bertz CT molecular complexity index is 1260. The smallest absolute Gasteiger partial charge is 0.335 e. The molecular weight excluding hydrogens is 576 g/mol. The highest BCUT2D eigenvalue weighted by Gasteiger charge is 2.13. The monoisotopic (exact) mass is 588 g/mol. The van der Waals surface area contributed by atoms with Crippen molar-refractivity contribution in [2.45, 2.75) is 6.61 Å². The van der Waals surface area contributed by atoms with Gasteiger partial charge < -0.3 is 15.2 Å².